The number of thiophene rings is 1. The molecule has 20 heavy (non-hydrogen) atoms. The van der Waals surface area contributed by atoms with Crippen molar-refractivity contribution in [3.63, 3.8) is 0 Å². The number of aryl methyl sites for hydroxylation is 1. The van der Waals surface area contributed by atoms with Gasteiger partial charge in [0, 0.05) is 11.4 Å². The molecule has 1 aromatic carbocycles. The van der Waals surface area contributed by atoms with Crippen molar-refractivity contribution in [2.75, 3.05) is 5.32 Å². The van der Waals surface area contributed by atoms with Gasteiger partial charge in [0.25, 0.3) is 0 Å². The fourth-order valence-electron chi connectivity index (χ4n) is 1.95. The molecular weight excluding hydrogens is 313 g/mol. The van der Waals surface area contributed by atoms with Crippen LogP contribution in [0.1, 0.15) is 10.4 Å². The van der Waals surface area contributed by atoms with Gasteiger partial charge in [0.05, 0.1) is 15.4 Å². The molecular formula is C14H11Cl2N3S. The molecule has 0 aliphatic rings. The van der Waals surface area contributed by atoms with Crippen molar-refractivity contribution in [1.82, 2.24) is 9.97 Å². The molecule has 0 amide bonds. The second-order valence-electron chi connectivity index (χ2n) is 4.40. The van der Waals surface area contributed by atoms with Crippen LogP contribution in [0.4, 0.5) is 5.82 Å². The zero-order valence-corrected chi connectivity index (χ0v) is 13.0. The van der Waals surface area contributed by atoms with Crippen LogP contribution in [0, 0.1) is 6.92 Å². The van der Waals surface area contributed by atoms with Gasteiger partial charge in [-0.2, -0.15) is 0 Å². The molecule has 0 atom stereocenters. The van der Waals surface area contributed by atoms with Crippen LogP contribution >= 0.6 is 34.5 Å². The molecule has 3 nitrogen and oxygen atoms in total. The van der Waals surface area contributed by atoms with E-state index in [1.807, 2.05) is 12.1 Å². The molecule has 0 saturated carbocycles. The molecule has 6 heteroatoms. The second kappa shape index (κ2) is 5.56. The average Bonchev–Trinajstić information content (AvgIpc) is 2.81. The van der Waals surface area contributed by atoms with Gasteiger partial charge in [-0.25, -0.2) is 9.97 Å². The third-order valence-electron chi connectivity index (χ3n) is 2.90. The Morgan fingerprint density at radius 3 is 2.80 bits per heavy atom. The Bertz CT molecular complexity index is 770. The minimum absolute atomic E-state index is 0.560. The van der Waals surface area contributed by atoms with Gasteiger partial charge >= 0.3 is 0 Å². The van der Waals surface area contributed by atoms with Crippen molar-refractivity contribution in [3.05, 3.63) is 51.1 Å². The third-order valence-corrected chi connectivity index (χ3v) is 4.59. The van der Waals surface area contributed by atoms with E-state index in [-0.39, 0.29) is 0 Å². The highest BCUT2D eigenvalue weighted by Crippen LogP contribution is 2.28. The Hall–Kier alpha value is -1.36. The maximum Gasteiger partial charge on any atom is 0.138 e. The van der Waals surface area contributed by atoms with Crippen LogP contribution in [-0.4, -0.2) is 9.97 Å². The molecule has 2 aromatic heterocycles. The van der Waals surface area contributed by atoms with Gasteiger partial charge in [0.2, 0.25) is 0 Å². The lowest BCUT2D eigenvalue weighted by Crippen LogP contribution is -2.01. The van der Waals surface area contributed by atoms with Crippen LogP contribution < -0.4 is 5.32 Å². The highest BCUT2D eigenvalue weighted by molar-refractivity contribution is 7.18. The summed E-state index contributed by atoms with van der Waals surface area (Å²) in [5.74, 6) is 0.838. The first-order valence-corrected chi connectivity index (χ1v) is 7.59. The molecule has 0 fully saturated rings. The summed E-state index contributed by atoms with van der Waals surface area (Å²) in [6, 6.07) is 7.69. The predicted octanol–water partition coefficient (Wildman–Crippen LogP) is 4.92. The summed E-state index contributed by atoms with van der Waals surface area (Å²) in [6.45, 7) is 2.70. The van der Waals surface area contributed by atoms with Crippen molar-refractivity contribution in [3.8, 4) is 0 Å². The van der Waals surface area contributed by atoms with Crippen LogP contribution in [0.15, 0.2) is 30.6 Å². The first kappa shape index (κ1) is 13.6. The quantitative estimate of drug-likeness (QED) is 0.743. The van der Waals surface area contributed by atoms with Crippen molar-refractivity contribution in [2.24, 2.45) is 0 Å². The van der Waals surface area contributed by atoms with E-state index < -0.39 is 0 Å². The molecule has 0 bridgehead atoms. The van der Waals surface area contributed by atoms with Crippen molar-refractivity contribution in [1.29, 1.82) is 0 Å². The monoisotopic (exact) mass is 323 g/mol. The van der Waals surface area contributed by atoms with Crippen LogP contribution in [-0.2, 0) is 6.54 Å². The van der Waals surface area contributed by atoms with Crippen LogP contribution in [0.25, 0.3) is 10.2 Å². The number of aromatic nitrogens is 2. The molecule has 3 aromatic rings. The highest BCUT2D eigenvalue weighted by atomic mass is 35.5. The zero-order valence-electron chi connectivity index (χ0n) is 10.7. The number of nitrogens with one attached hydrogen (secondary N) is 1. The lowest BCUT2D eigenvalue weighted by Gasteiger charge is -2.07. The summed E-state index contributed by atoms with van der Waals surface area (Å²) in [5.41, 5.74) is 1.05. The molecule has 1 N–H and O–H groups in total. The SMILES string of the molecule is Cc1cc2c(NCc3ccc(Cl)c(Cl)c3)ncnc2s1. The van der Waals surface area contributed by atoms with Gasteiger partial charge in [-0.15, -0.1) is 11.3 Å². The molecule has 2 heterocycles. The maximum absolute atomic E-state index is 6.01. The number of fused-ring (bicyclic) bond motifs is 1. The highest BCUT2D eigenvalue weighted by Gasteiger charge is 2.07. The van der Waals surface area contributed by atoms with Crippen molar-refractivity contribution in [2.45, 2.75) is 13.5 Å². The summed E-state index contributed by atoms with van der Waals surface area (Å²) in [4.78, 5) is 10.8. The fraction of sp³-hybridized carbons (Fsp3) is 0.143. The lowest BCUT2D eigenvalue weighted by molar-refractivity contribution is 1.11. The molecule has 0 saturated heterocycles. The lowest BCUT2D eigenvalue weighted by atomic mass is 10.2. The first-order chi connectivity index (χ1) is 9.63. The Balaban J connectivity index is 1.84. The maximum atomic E-state index is 6.01. The summed E-state index contributed by atoms with van der Waals surface area (Å²) in [5, 5.41) is 5.49. The number of nitrogens with zero attached hydrogens (tertiary/aromatic N) is 2. The van der Waals surface area contributed by atoms with E-state index in [1.165, 1.54) is 4.88 Å². The topological polar surface area (TPSA) is 37.8 Å². The third kappa shape index (κ3) is 2.73. The summed E-state index contributed by atoms with van der Waals surface area (Å²) in [7, 11) is 0. The van der Waals surface area contributed by atoms with Gasteiger partial charge in [0.1, 0.15) is 17.0 Å². The molecule has 0 spiro atoms. The van der Waals surface area contributed by atoms with Crippen LogP contribution in [0.2, 0.25) is 10.0 Å². The van der Waals surface area contributed by atoms with Gasteiger partial charge < -0.3 is 5.32 Å². The number of hydrogen-bond acceptors (Lipinski definition) is 4. The van der Waals surface area contributed by atoms with Crippen LogP contribution in [0.5, 0.6) is 0 Å². The van der Waals surface area contributed by atoms with Gasteiger partial charge in [-0.1, -0.05) is 29.3 Å². The smallest absolute Gasteiger partial charge is 0.138 e. The van der Waals surface area contributed by atoms with E-state index in [4.69, 9.17) is 23.2 Å². The normalized spacial score (nSPS) is 10.9. The number of hydrogen-bond donors (Lipinski definition) is 1. The fourth-order valence-corrected chi connectivity index (χ4v) is 3.12. The number of benzene rings is 1. The van der Waals surface area contributed by atoms with Gasteiger partial charge in [-0.3, -0.25) is 0 Å². The van der Waals surface area contributed by atoms with Crippen molar-refractivity contribution < 1.29 is 0 Å². The molecule has 102 valence electrons. The molecule has 3 rings (SSSR count). The first-order valence-electron chi connectivity index (χ1n) is 6.02. The average molecular weight is 324 g/mol. The molecule has 0 unspecified atom stereocenters. The largest absolute Gasteiger partial charge is 0.365 e. The Labute approximate surface area is 130 Å². The van der Waals surface area contributed by atoms with Gasteiger partial charge in [0.15, 0.2) is 0 Å². The van der Waals surface area contributed by atoms with Gasteiger partial charge in [-0.05, 0) is 30.7 Å². The zero-order chi connectivity index (χ0) is 14.1. The molecule has 0 radical (unpaired) electrons. The van der Waals surface area contributed by atoms with Crippen molar-refractivity contribution >= 4 is 50.6 Å². The minimum atomic E-state index is 0.560. The Morgan fingerprint density at radius 1 is 1.15 bits per heavy atom. The van der Waals surface area contributed by atoms with E-state index in [0.29, 0.717) is 16.6 Å². The second-order valence-corrected chi connectivity index (χ2v) is 6.45. The summed E-state index contributed by atoms with van der Waals surface area (Å²) < 4.78 is 0. The Morgan fingerprint density at radius 2 is 2.00 bits per heavy atom. The summed E-state index contributed by atoms with van der Waals surface area (Å²) >= 11 is 13.6. The Kier molecular flexibility index (Phi) is 3.78. The van der Waals surface area contributed by atoms with Crippen LogP contribution in [0.3, 0.4) is 0 Å². The number of rotatable bonds is 3. The van der Waals surface area contributed by atoms with E-state index in [1.54, 1.807) is 23.7 Å². The summed E-state index contributed by atoms with van der Waals surface area (Å²) in [6.07, 6.45) is 1.58. The number of anilines is 1. The van der Waals surface area contributed by atoms with E-state index in [2.05, 4.69) is 28.3 Å². The molecule has 0 aliphatic heterocycles. The molecule has 0 aliphatic carbocycles. The standard InChI is InChI=1S/C14H11Cl2N3S/c1-8-4-10-13(18-7-19-14(10)20-8)17-6-9-2-3-11(15)12(16)5-9/h2-5,7H,6H2,1H3,(H,17,18,19). The van der Waals surface area contributed by atoms with E-state index >= 15 is 0 Å². The minimum Gasteiger partial charge on any atom is -0.365 e. The van der Waals surface area contributed by atoms with E-state index in [9.17, 15) is 0 Å². The number of halogens is 2. The van der Waals surface area contributed by atoms with E-state index in [0.717, 1.165) is 21.6 Å². The predicted molar refractivity (Wildman–Crippen MR) is 85.9 cm³/mol.